The molecule has 2 aromatic carbocycles. The summed E-state index contributed by atoms with van der Waals surface area (Å²) in [5, 5.41) is 14.5. The summed E-state index contributed by atoms with van der Waals surface area (Å²) >= 11 is 0. The molecule has 35 heavy (non-hydrogen) atoms. The second-order valence-corrected chi connectivity index (χ2v) is 10.5. The average molecular weight is 473 g/mol. The summed E-state index contributed by atoms with van der Waals surface area (Å²) in [7, 11) is 0. The molecule has 2 atom stereocenters. The maximum atomic E-state index is 12.9. The molecule has 1 saturated carbocycles. The van der Waals surface area contributed by atoms with Crippen LogP contribution in [0.25, 0.3) is 10.9 Å². The summed E-state index contributed by atoms with van der Waals surface area (Å²) in [4.78, 5) is 24.2. The summed E-state index contributed by atoms with van der Waals surface area (Å²) < 4.78 is 0. The quantitative estimate of drug-likeness (QED) is 0.528. The molecule has 184 valence electrons. The van der Waals surface area contributed by atoms with Gasteiger partial charge in [-0.15, -0.1) is 0 Å². The van der Waals surface area contributed by atoms with E-state index in [0.29, 0.717) is 25.4 Å². The van der Waals surface area contributed by atoms with Crippen LogP contribution in [-0.2, 0) is 4.79 Å². The molecular weight excluding hydrogens is 436 g/mol. The number of nitrogens with zero attached hydrogens (tertiary/aromatic N) is 3. The van der Waals surface area contributed by atoms with Gasteiger partial charge in [-0.1, -0.05) is 35.9 Å². The Morgan fingerprint density at radius 2 is 1.86 bits per heavy atom. The smallest absolute Gasteiger partial charge is 0.225 e. The number of β-amino-alcohol motifs (C(OH)–C–C–N with tert-alkyl or cyclic N) is 1. The highest BCUT2D eigenvalue weighted by atomic mass is 16.3. The first kappa shape index (κ1) is 23.7. The Bertz CT molecular complexity index is 1220. The largest absolute Gasteiger partial charge is 0.391 e. The van der Waals surface area contributed by atoms with E-state index >= 15 is 0 Å². The van der Waals surface area contributed by atoms with Crippen LogP contribution in [-0.4, -0.2) is 45.1 Å². The van der Waals surface area contributed by atoms with Gasteiger partial charge in [-0.2, -0.15) is 0 Å². The number of aliphatic hydroxyl groups is 1. The van der Waals surface area contributed by atoms with E-state index in [1.807, 2.05) is 11.8 Å². The molecule has 1 unspecified atom stereocenters. The van der Waals surface area contributed by atoms with Gasteiger partial charge < -0.3 is 15.3 Å². The predicted molar refractivity (Wildman–Crippen MR) is 139 cm³/mol. The lowest BCUT2D eigenvalue weighted by molar-refractivity contribution is -0.135. The molecule has 3 aromatic rings. The number of anilines is 1. The Morgan fingerprint density at radius 3 is 2.57 bits per heavy atom. The first-order chi connectivity index (χ1) is 16.9. The summed E-state index contributed by atoms with van der Waals surface area (Å²) in [6.07, 6.45) is 4.19. The Labute approximate surface area is 207 Å². The molecule has 1 aliphatic carbocycles. The number of carbonyl (C=O) groups excluding carboxylic acids is 1. The van der Waals surface area contributed by atoms with Gasteiger partial charge in [0.05, 0.1) is 11.6 Å². The lowest BCUT2D eigenvalue weighted by atomic mass is 9.78. The molecule has 0 bridgehead atoms. The van der Waals surface area contributed by atoms with E-state index in [1.54, 1.807) is 0 Å². The number of hydrogen-bond donors (Lipinski definition) is 2. The Morgan fingerprint density at radius 1 is 1.06 bits per heavy atom. The average Bonchev–Trinajstić information content (AvgIpc) is 3.29. The fourth-order valence-corrected chi connectivity index (χ4v) is 5.73. The number of nitrogens with one attached hydrogen (secondary N) is 1. The van der Waals surface area contributed by atoms with Crippen LogP contribution >= 0.6 is 0 Å². The maximum Gasteiger partial charge on any atom is 0.225 e. The normalized spacial score (nSPS) is 23.4. The van der Waals surface area contributed by atoms with Gasteiger partial charge in [-0.3, -0.25) is 4.79 Å². The van der Waals surface area contributed by atoms with Crippen molar-refractivity contribution in [1.82, 2.24) is 14.9 Å². The third-order valence-electron chi connectivity index (χ3n) is 7.75. The number of amides is 1. The van der Waals surface area contributed by atoms with Crippen LogP contribution in [0.5, 0.6) is 0 Å². The minimum absolute atomic E-state index is 0.0930. The highest BCUT2D eigenvalue weighted by Gasteiger charge is 2.33. The molecule has 6 nitrogen and oxygen atoms in total. The van der Waals surface area contributed by atoms with Crippen LogP contribution in [0.1, 0.15) is 73.5 Å². The van der Waals surface area contributed by atoms with Crippen LogP contribution in [0.2, 0.25) is 0 Å². The van der Waals surface area contributed by atoms with Gasteiger partial charge in [-0.05, 0) is 82.1 Å². The Balaban J connectivity index is 1.33. The van der Waals surface area contributed by atoms with E-state index in [0.717, 1.165) is 48.2 Å². The number of aliphatic hydroxyl groups excluding tert-OH is 1. The Hall–Kier alpha value is -2.99. The van der Waals surface area contributed by atoms with Crippen molar-refractivity contribution in [1.29, 1.82) is 0 Å². The summed E-state index contributed by atoms with van der Waals surface area (Å²) in [6, 6.07) is 15.3. The molecule has 6 heteroatoms. The standard InChI is InChI=1S/C29H36N4O2/c1-18-5-4-6-23(15-18)19(2)30-28-26-16-24(11-12-27(26)31-20(3)32-28)21-7-9-22(10-8-21)29(35)33-14-13-25(34)17-33/h4-6,11-12,15-16,19,21-22,25,34H,7-10,13-14,17H2,1-3H3,(H,30,31,32)/t19-,21?,22?,25?/m1/s1. The monoisotopic (exact) mass is 472 g/mol. The lowest BCUT2D eigenvalue weighted by Gasteiger charge is -2.31. The molecule has 2 aliphatic rings. The molecule has 1 amide bonds. The van der Waals surface area contributed by atoms with Crippen LogP contribution < -0.4 is 5.32 Å². The van der Waals surface area contributed by atoms with Gasteiger partial charge in [0.2, 0.25) is 5.91 Å². The highest BCUT2D eigenvalue weighted by molar-refractivity contribution is 5.90. The van der Waals surface area contributed by atoms with E-state index in [1.165, 1.54) is 16.7 Å². The fraction of sp³-hybridized carbons (Fsp3) is 0.483. The highest BCUT2D eigenvalue weighted by Crippen LogP contribution is 2.38. The first-order valence-corrected chi connectivity index (χ1v) is 13.0. The van der Waals surface area contributed by atoms with Crippen molar-refractivity contribution in [2.45, 2.75) is 70.9 Å². The molecule has 0 radical (unpaired) electrons. The minimum atomic E-state index is -0.352. The second kappa shape index (κ2) is 9.94. The third kappa shape index (κ3) is 5.18. The van der Waals surface area contributed by atoms with Crippen molar-refractivity contribution >= 4 is 22.6 Å². The van der Waals surface area contributed by atoms with E-state index in [-0.39, 0.29) is 24.0 Å². The van der Waals surface area contributed by atoms with E-state index in [2.05, 4.69) is 66.6 Å². The van der Waals surface area contributed by atoms with Gasteiger partial charge in [0, 0.05) is 30.4 Å². The minimum Gasteiger partial charge on any atom is -0.391 e. The first-order valence-electron chi connectivity index (χ1n) is 13.0. The maximum absolute atomic E-state index is 12.9. The third-order valence-corrected chi connectivity index (χ3v) is 7.75. The fourth-order valence-electron chi connectivity index (χ4n) is 5.73. The van der Waals surface area contributed by atoms with Crippen LogP contribution in [0.3, 0.4) is 0 Å². The van der Waals surface area contributed by atoms with Crippen molar-refractivity contribution in [2.75, 3.05) is 18.4 Å². The SMILES string of the molecule is Cc1cccc([C@@H](C)Nc2nc(C)nc3ccc(C4CCC(C(=O)N5CCC(O)C5)CC4)cc23)c1. The molecule has 1 saturated heterocycles. The van der Waals surface area contributed by atoms with Crippen molar-refractivity contribution in [3.63, 3.8) is 0 Å². The number of aryl methyl sites for hydroxylation is 2. The zero-order valence-corrected chi connectivity index (χ0v) is 21.0. The zero-order chi connectivity index (χ0) is 24.5. The summed E-state index contributed by atoms with van der Waals surface area (Å²) in [5.41, 5.74) is 4.74. The van der Waals surface area contributed by atoms with Crippen molar-refractivity contribution in [3.8, 4) is 0 Å². The molecule has 0 spiro atoms. The number of fused-ring (bicyclic) bond motifs is 1. The molecule has 1 aromatic heterocycles. The van der Waals surface area contributed by atoms with Crippen LogP contribution in [0.4, 0.5) is 5.82 Å². The lowest BCUT2D eigenvalue weighted by Crippen LogP contribution is -2.36. The molecule has 1 aliphatic heterocycles. The molecule has 2 heterocycles. The zero-order valence-electron chi connectivity index (χ0n) is 21.0. The number of hydrogen-bond acceptors (Lipinski definition) is 5. The number of carbonyl (C=O) groups is 1. The molecular formula is C29H36N4O2. The molecule has 5 rings (SSSR count). The van der Waals surface area contributed by atoms with Crippen molar-refractivity contribution < 1.29 is 9.90 Å². The van der Waals surface area contributed by atoms with E-state index < -0.39 is 0 Å². The van der Waals surface area contributed by atoms with Crippen LogP contribution in [0.15, 0.2) is 42.5 Å². The van der Waals surface area contributed by atoms with Crippen molar-refractivity contribution in [2.24, 2.45) is 5.92 Å². The van der Waals surface area contributed by atoms with Gasteiger partial charge in [-0.25, -0.2) is 9.97 Å². The summed E-state index contributed by atoms with van der Waals surface area (Å²) in [5.74, 6) is 2.40. The number of rotatable bonds is 5. The topological polar surface area (TPSA) is 78.4 Å². The molecule has 2 N–H and O–H groups in total. The van der Waals surface area contributed by atoms with Crippen LogP contribution in [0, 0.1) is 19.8 Å². The predicted octanol–water partition coefficient (Wildman–Crippen LogP) is 5.29. The van der Waals surface area contributed by atoms with Crippen molar-refractivity contribution in [3.05, 3.63) is 65.0 Å². The van der Waals surface area contributed by atoms with Gasteiger partial charge in [0.1, 0.15) is 11.6 Å². The van der Waals surface area contributed by atoms with Gasteiger partial charge in [0.15, 0.2) is 0 Å². The number of likely N-dealkylation sites (tertiary alicyclic amines) is 1. The Kier molecular flexibility index (Phi) is 6.74. The summed E-state index contributed by atoms with van der Waals surface area (Å²) in [6.45, 7) is 7.41. The van der Waals surface area contributed by atoms with E-state index in [4.69, 9.17) is 4.98 Å². The van der Waals surface area contributed by atoms with E-state index in [9.17, 15) is 9.90 Å². The molecule has 2 fully saturated rings. The van der Waals surface area contributed by atoms with Gasteiger partial charge >= 0.3 is 0 Å². The number of benzene rings is 2. The second-order valence-electron chi connectivity index (χ2n) is 10.5. The van der Waals surface area contributed by atoms with Gasteiger partial charge in [0.25, 0.3) is 0 Å². The number of aromatic nitrogens is 2.